The summed E-state index contributed by atoms with van der Waals surface area (Å²) < 4.78 is 12.6. The zero-order chi connectivity index (χ0) is 23.4. The molecule has 4 rings (SSSR count). The molecule has 0 radical (unpaired) electrons. The summed E-state index contributed by atoms with van der Waals surface area (Å²) in [6.07, 6.45) is 0. The van der Waals surface area contributed by atoms with Gasteiger partial charge in [-0.1, -0.05) is 17.8 Å². The predicted molar refractivity (Wildman–Crippen MR) is 130 cm³/mol. The number of hydrogen-bond donors (Lipinski definition) is 1. The first kappa shape index (κ1) is 23.0. The number of ether oxygens (including phenoxy) is 2. The lowest BCUT2D eigenvalue weighted by molar-refractivity contribution is -0.120. The number of anilines is 1. The predicted octanol–water partition coefficient (Wildman–Crippen LogP) is 3.85. The molecule has 1 aromatic heterocycles. The molecule has 0 spiro atoms. The fraction of sp³-hybridized carbons (Fsp3) is 0.375. The van der Waals surface area contributed by atoms with Gasteiger partial charge < -0.3 is 24.3 Å². The molecule has 1 atom stereocenters. The van der Waals surface area contributed by atoms with E-state index in [1.807, 2.05) is 36.7 Å². The third kappa shape index (κ3) is 5.08. The number of rotatable bonds is 9. The second-order valence-electron chi connectivity index (χ2n) is 7.75. The molecule has 2 aromatic carbocycles. The minimum atomic E-state index is -0.320. The number of nitrogens with one attached hydrogen (secondary N) is 1. The molecule has 0 bridgehead atoms. The van der Waals surface area contributed by atoms with Crippen molar-refractivity contribution in [1.29, 1.82) is 0 Å². The van der Waals surface area contributed by atoms with Crippen LogP contribution in [0.4, 0.5) is 5.69 Å². The van der Waals surface area contributed by atoms with E-state index in [9.17, 15) is 4.79 Å². The van der Waals surface area contributed by atoms with Crippen molar-refractivity contribution >= 4 is 23.4 Å². The zero-order valence-corrected chi connectivity index (χ0v) is 20.2. The Kier molecular flexibility index (Phi) is 7.08. The normalized spacial score (nSPS) is 13.1. The molecule has 3 aromatic rings. The van der Waals surface area contributed by atoms with Gasteiger partial charge in [0, 0.05) is 37.9 Å². The number of aromatic nitrogens is 3. The van der Waals surface area contributed by atoms with E-state index in [4.69, 9.17) is 9.47 Å². The molecule has 9 heteroatoms. The van der Waals surface area contributed by atoms with Crippen LogP contribution in [0.15, 0.2) is 47.6 Å². The number of fused-ring (bicyclic) bond motifs is 1. The minimum Gasteiger partial charge on any atom is -0.454 e. The second kappa shape index (κ2) is 10.2. The summed E-state index contributed by atoms with van der Waals surface area (Å²) >= 11 is 1.39. The fourth-order valence-corrected chi connectivity index (χ4v) is 4.51. The van der Waals surface area contributed by atoms with Crippen LogP contribution in [0, 0.1) is 0 Å². The number of carbonyl (C=O) groups is 1. The van der Waals surface area contributed by atoms with E-state index in [0.717, 1.165) is 35.8 Å². The lowest BCUT2D eigenvalue weighted by Gasteiger charge is -2.21. The number of hydrogen-bond acceptors (Lipinski definition) is 7. The smallest absolute Gasteiger partial charge is 0.233 e. The first-order valence-electron chi connectivity index (χ1n) is 11.1. The highest BCUT2D eigenvalue weighted by Gasteiger charge is 2.20. The van der Waals surface area contributed by atoms with Gasteiger partial charge in [-0.15, -0.1) is 10.2 Å². The highest BCUT2D eigenvalue weighted by Crippen LogP contribution is 2.32. The molecule has 0 fully saturated rings. The summed E-state index contributed by atoms with van der Waals surface area (Å²) in [7, 11) is 1.92. The van der Waals surface area contributed by atoms with Gasteiger partial charge in [0.25, 0.3) is 0 Å². The Morgan fingerprint density at radius 3 is 2.58 bits per heavy atom. The van der Waals surface area contributed by atoms with Crippen LogP contribution in [0.5, 0.6) is 11.5 Å². The van der Waals surface area contributed by atoms with E-state index in [1.54, 1.807) is 0 Å². The summed E-state index contributed by atoms with van der Waals surface area (Å²) in [5.41, 5.74) is 3.14. The molecule has 0 aliphatic carbocycles. The first-order chi connectivity index (χ1) is 16.0. The van der Waals surface area contributed by atoms with E-state index in [2.05, 4.69) is 58.5 Å². The summed E-state index contributed by atoms with van der Waals surface area (Å²) in [6, 6.07) is 14.0. The van der Waals surface area contributed by atoms with Gasteiger partial charge in [0.15, 0.2) is 22.5 Å². The minimum absolute atomic E-state index is 0.0641. The van der Waals surface area contributed by atoms with Crippen LogP contribution in [0.2, 0.25) is 0 Å². The number of amides is 1. The van der Waals surface area contributed by atoms with E-state index < -0.39 is 0 Å². The van der Waals surface area contributed by atoms with Gasteiger partial charge in [0.05, 0.1) is 5.25 Å². The maximum absolute atomic E-state index is 12.7. The molecule has 0 saturated carbocycles. The molecule has 1 amide bonds. The number of carbonyl (C=O) groups excluding carboxylic acids is 1. The summed E-state index contributed by atoms with van der Waals surface area (Å²) in [4.78, 5) is 14.9. The van der Waals surface area contributed by atoms with Crippen LogP contribution < -0.4 is 19.7 Å². The molecule has 8 nitrogen and oxygen atoms in total. The Morgan fingerprint density at radius 1 is 1.12 bits per heavy atom. The van der Waals surface area contributed by atoms with Crippen molar-refractivity contribution in [2.45, 2.75) is 37.7 Å². The maximum Gasteiger partial charge on any atom is 0.233 e. The molecular weight excluding hydrogens is 438 g/mol. The first-order valence-corrected chi connectivity index (χ1v) is 12.0. The van der Waals surface area contributed by atoms with Crippen molar-refractivity contribution in [3.63, 3.8) is 0 Å². The molecule has 1 aliphatic rings. The van der Waals surface area contributed by atoms with Crippen LogP contribution >= 0.6 is 11.8 Å². The monoisotopic (exact) mass is 467 g/mol. The van der Waals surface area contributed by atoms with Gasteiger partial charge in [-0.25, -0.2) is 0 Å². The quantitative estimate of drug-likeness (QED) is 0.479. The Morgan fingerprint density at radius 2 is 1.85 bits per heavy atom. The van der Waals surface area contributed by atoms with Crippen LogP contribution in [-0.2, 0) is 18.4 Å². The van der Waals surface area contributed by atoms with Crippen LogP contribution in [0.25, 0.3) is 11.4 Å². The van der Waals surface area contributed by atoms with Crippen molar-refractivity contribution in [2.75, 3.05) is 24.8 Å². The van der Waals surface area contributed by atoms with Crippen LogP contribution in [-0.4, -0.2) is 45.8 Å². The van der Waals surface area contributed by atoms with Gasteiger partial charge in [0.2, 0.25) is 12.7 Å². The number of thioether (sulfide) groups is 1. The maximum atomic E-state index is 12.7. The molecule has 174 valence electrons. The zero-order valence-electron chi connectivity index (χ0n) is 19.4. The molecule has 2 heterocycles. The third-order valence-electron chi connectivity index (χ3n) is 5.64. The van der Waals surface area contributed by atoms with Crippen LogP contribution in [0.3, 0.4) is 0 Å². The van der Waals surface area contributed by atoms with Gasteiger partial charge in [0.1, 0.15) is 0 Å². The van der Waals surface area contributed by atoms with Crippen molar-refractivity contribution in [2.24, 2.45) is 7.05 Å². The average Bonchev–Trinajstić information content (AvgIpc) is 3.45. The van der Waals surface area contributed by atoms with E-state index in [0.29, 0.717) is 17.5 Å². The van der Waals surface area contributed by atoms with Crippen molar-refractivity contribution in [1.82, 2.24) is 20.1 Å². The van der Waals surface area contributed by atoms with E-state index >= 15 is 0 Å². The van der Waals surface area contributed by atoms with E-state index in [1.165, 1.54) is 17.4 Å². The Hall–Kier alpha value is -3.20. The van der Waals surface area contributed by atoms with Gasteiger partial charge in [-0.2, -0.15) is 0 Å². The summed E-state index contributed by atoms with van der Waals surface area (Å²) in [6.45, 7) is 8.76. The lowest BCUT2D eigenvalue weighted by Crippen LogP contribution is -2.30. The Bertz CT molecular complexity index is 1110. The summed E-state index contributed by atoms with van der Waals surface area (Å²) in [5.74, 6) is 2.15. The highest BCUT2D eigenvalue weighted by molar-refractivity contribution is 8.00. The van der Waals surface area contributed by atoms with Crippen molar-refractivity contribution < 1.29 is 14.3 Å². The third-order valence-corrected chi connectivity index (χ3v) is 6.78. The summed E-state index contributed by atoms with van der Waals surface area (Å²) in [5, 5.41) is 12.0. The van der Waals surface area contributed by atoms with Crippen molar-refractivity contribution in [3.8, 4) is 22.9 Å². The average molecular weight is 468 g/mol. The Balaban J connectivity index is 1.36. The van der Waals surface area contributed by atoms with E-state index in [-0.39, 0.29) is 18.0 Å². The highest BCUT2D eigenvalue weighted by atomic mass is 32.2. The van der Waals surface area contributed by atoms with Crippen LogP contribution in [0.1, 0.15) is 26.3 Å². The largest absolute Gasteiger partial charge is 0.454 e. The van der Waals surface area contributed by atoms with Gasteiger partial charge in [-0.05, 0) is 62.7 Å². The molecule has 1 aliphatic heterocycles. The lowest BCUT2D eigenvalue weighted by atomic mass is 10.2. The topological polar surface area (TPSA) is 81.5 Å². The molecule has 33 heavy (non-hydrogen) atoms. The molecular formula is C24H29N5O3S. The number of benzene rings is 2. The van der Waals surface area contributed by atoms with Gasteiger partial charge >= 0.3 is 0 Å². The Labute approximate surface area is 198 Å². The van der Waals surface area contributed by atoms with Gasteiger partial charge in [-0.3, -0.25) is 4.79 Å². The molecule has 1 unspecified atom stereocenters. The van der Waals surface area contributed by atoms with Crippen molar-refractivity contribution in [3.05, 3.63) is 48.0 Å². The standard InChI is InChI=1S/C24H29N5O3S/c1-5-29(6-2)19-10-8-18(9-11-19)22-26-27-24(28(22)4)33-16(3)23(30)25-14-17-7-12-20-21(13-17)32-15-31-20/h7-13,16H,5-6,14-15H2,1-4H3,(H,25,30). The fourth-order valence-electron chi connectivity index (χ4n) is 3.67. The number of nitrogens with zero attached hydrogens (tertiary/aromatic N) is 4. The molecule has 1 N–H and O–H groups in total. The second-order valence-corrected chi connectivity index (χ2v) is 9.06. The molecule has 0 saturated heterocycles. The SMILES string of the molecule is CCN(CC)c1ccc(-c2nnc(SC(C)C(=O)NCc3ccc4c(c3)OCO4)n2C)cc1.